The molecule has 2 aromatic rings. The molecule has 1 aromatic heterocycles. The van der Waals surface area contributed by atoms with Crippen molar-refractivity contribution in [1.29, 1.82) is 0 Å². The van der Waals surface area contributed by atoms with E-state index in [-0.39, 0.29) is 11.9 Å². The first-order valence-electron chi connectivity index (χ1n) is 9.35. The van der Waals surface area contributed by atoms with Crippen molar-refractivity contribution in [3.05, 3.63) is 47.3 Å². The fourth-order valence-corrected chi connectivity index (χ4v) is 2.90. The molecule has 1 saturated heterocycles. The van der Waals surface area contributed by atoms with Crippen LogP contribution in [0.25, 0.3) is 0 Å². The Morgan fingerprint density at radius 3 is 2.78 bits per heavy atom. The Balaban J connectivity index is 1.56. The van der Waals surface area contributed by atoms with E-state index in [1.807, 2.05) is 18.5 Å². The van der Waals surface area contributed by atoms with Gasteiger partial charge in [0.2, 0.25) is 0 Å². The summed E-state index contributed by atoms with van der Waals surface area (Å²) in [6.45, 7) is 4.60. The monoisotopic (exact) mass is 374 g/mol. The van der Waals surface area contributed by atoms with Gasteiger partial charge in [0, 0.05) is 26.7 Å². The minimum Gasteiger partial charge on any atom is -0.376 e. The zero-order chi connectivity index (χ0) is 19.1. The predicted molar refractivity (Wildman–Crippen MR) is 102 cm³/mol. The smallest absolute Gasteiger partial charge is 0.191 e. The number of hydrogen-bond donors (Lipinski definition) is 2. The van der Waals surface area contributed by atoms with Gasteiger partial charge in [0.15, 0.2) is 11.8 Å². The van der Waals surface area contributed by atoms with Crippen LogP contribution in [0.4, 0.5) is 4.39 Å². The summed E-state index contributed by atoms with van der Waals surface area (Å²) < 4.78 is 20.6. The fourth-order valence-electron chi connectivity index (χ4n) is 2.90. The lowest BCUT2D eigenvalue weighted by molar-refractivity contribution is 0.114. The van der Waals surface area contributed by atoms with Crippen LogP contribution in [0.1, 0.15) is 30.1 Å². The van der Waals surface area contributed by atoms with E-state index in [0.29, 0.717) is 19.0 Å². The Hall–Kier alpha value is -2.48. The van der Waals surface area contributed by atoms with Crippen molar-refractivity contribution in [2.45, 2.75) is 38.8 Å². The number of aryl methyl sites for hydroxylation is 1. The van der Waals surface area contributed by atoms with Crippen LogP contribution in [-0.4, -0.2) is 46.5 Å². The van der Waals surface area contributed by atoms with Crippen LogP contribution >= 0.6 is 0 Å². The highest BCUT2D eigenvalue weighted by molar-refractivity contribution is 5.79. The molecule has 0 spiro atoms. The maximum atomic E-state index is 13.0. The van der Waals surface area contributed by atoms with Gasteiger partial charge in [-0.1, -0.05) is 12.1 Å². The zero-order valence-corrected chi connectivity index (χ0v) is 15.9. The van der Waals surface area contributed by atoms with Crippen molar-refractivity contribution in [1.82, 2.24) is 25.4 Å². The summed E-state index contributed by atoms with van der Waals surface area (Å²) in [6.07, 6.45) is 3.18. The molecule has 0 radical (unpaired) electrons. The van der Waals surface area contributed by atoms with Crippen LogP contribution in [-0.2, 0) is 24.8 Å². The number of aromatic nitrogens is 3. The highest BCUT2D eigenvalue weighted by Gasteiger charge is 2.15. The van der Waals surface area contributed by atoms with Crippen molar-refractivity contribution in [3.8, 4) is 0 Å². The fraction of sp³-hybridized carbons (Fsp3) is 0.526. The van der Waals surface area contributed by atoms with Gasteiger partial charge in [-0.25, -0.2) is 9.38 Å². The van der Waals surface area contributed by atoms with Crippen LogP contribution < -0.4 is 10.6 Å². The SMILES string of the molecule is Cc1nnc(CN=C(NCCc2ccc(F)cc2)NCC2CCCO2)n1C. The van der Waals surface area contributed by atoms with Gasteiger partial charge in [0.05, 0.1) is 6.10 Å². The summed E-state index contributed by atoms with van der Waals surface area (Å²) in [5.74, 6) is 2.17. The van der Waals surface area contributed by atoms with Crippen LogP contribution in [0.15, 0.2) is 29.3 Å². The Bertz CT molecular complexity index is 752. The minimum atomic E-state index is -0.217. The average Bonchev–Trinajstić information content (AvgIpc) is 3.30. The van der Waals surface area contributed by atoms with Crippen molar-refractivity contribution in [2.75, 3.05) is 19.7 Å². The molecule has 8 heteroatoms. The number of halogens is 1. The largest absolute Gasteiger partial charge is 0.376 e. The second kappa shape index (κ2) is 9.45. The van der Waals surface area contributed by atoms with Crippen molar-refractivity contribution in [3.63, 3.8) is 0 Å². The van der Waals surface area contributed by atoms with Crippen molar-refractivity contribution < 1.29 is 9.13 Å². The molecule has 0 aliphatic carbocycles. The summed E-state index contributed by atoms with van der Waals surface area (Å²) in [5, 5.41) is 14.9. The van der Waals surface area contributed by atoms with Gasteiger partial charge in [-0.15, -0.1) is 10.2 Å². The van der Waals surface area contributed by atoms with E-state index in [0.717, 1.165) is 49.6 Å². The number of ether oxygens (including phenoxy) is 1. The first-order chi connectivity index (χ1) is 13.1. The number of rotatable bonds is 7. The van der Waals surface area contributed by atoms with Crippen molar-refractivity contribution in [2.24, 2.45) is 12.0 Å². The Labute approximate surface area is 159 Å². The molecule has 1 fully saturated rings. The number of guanidine groups is 1. The Kier molecular flexibility index (Phi) is 6.75. The molecule has 1 aliphatic heterocycles. The quantitative estimate of drug-likeness (QED) is 0.570. The number of nitrogens with one attached hydrogen (secondary N) is 2. The number of nitrogens with zero attached hydrogens (tertiary/aromatic N) is 4. The molecule has 2 N–H and O–H groups in total. The normalized spacial score (nSPS) is 17.3. The molecule has 146 valence electrons. The highest BCUT2D eigenvalue weighted by Crippen LogP contribution is 2.10. The van der Waals surface area contributed by atoms with Crippen LogP contribution in [0.5, 0.6) is 0 Å². The van der Waals surface area contributed by atoms with E-state index in [4.69, 9.17) is 4.74 Å². The maximum Gasteiger partial charge on any atom is 0.191 e. The Morgan fingerprint density at radius 2 is 2.11 bits per heavy atom. The highest BCUT2D eigenvalue weighted by atomic mass is 19.1. The number of hydrogen-bond acceptors (Lipinski definition) is 4. The molecule has 3 rings (SSSR count). The number of aliphatic imine (C=N–C) groups is 1. The number of benzene rings is 1. The molecular formula is C19H27FN6O. The summed E-state index contributed by atoms with van der Waals surface area (Å²) in [6, 6.07) is 6.57. The molecule has 27 heavy (non-hydrogen) atoms. The molecule has 0 saturated carbocycles. The molecule has 2 heterocycles. The maximum absolute atomic E-state index is 13.0. The van der Waals surface area contributed by atoms with E-state index >= 15 is 0 Å². The van der Waals surface area contributed by atoms with Crippen LogP contribution in [0, 0.1) is 12.7 Å². The molecular weight excluding hydrogens is 347 g/mol. The second-order valence-corrected chi connectivity index (χ2v) is 6.71. The summed E-state index contributed by atoms with van der Waals surface area (Å²) >= 11 is 0. The first-order valence-corrected chi connectivity index (χ1v) is 9.35. The van der Waals surface area contributed by atoms with E-state index in [1.54, 1.807) is 12.1 Å². The van der Waals surface area contributed by atoms with Crippen LogP contribution in [0.3, 0.4) is 0 Å². The molecule has 1 aromatic carbocycles. The van der Waals surface area contributed by atoms with Crippen LogP contribution in [0.2, 0.25) is 0 Å². The van der Waals surface area contributed by atoms with Gasteiger partial charge in [0.25, 0.3) is 0 Å². The predicted octanol–water partition coefficient (Wildman–Crippen LogP) is 1.72. The van der Waals surface area contributed by atoms with Gasteiger partial charge in [-0.2, -0.15) is 0 Å². The summed E-state index contributed by atoms with van der Waals surface area (Å²) in [5.41, 5.74) is 1.08. The lowest BCUT2D eigenvalue weighted by Gasteiger charge is -2.15. The lowest BCUT2D eigenvalue weighted by atomic mass is 10.1. The molecule has 0 amide bonds. The molecule has 0 bridgehead atoms. The van der Waals surface area contributed by atoms with Gasteiger partial charge in [-0.3, -0.25) is 0 Å². The third-order valence-electron chi connectivity index (χ3n) is 4.70. The molecule has 1 unspecified atom stereocenters. The average molecular weight is 374 g/mol. The molecule has 1 atom stereocenters. The summed E-state index contributed by atoms with van der Waals surface area (Å²) in [4.78, 5) is 4.63. The van der Waals surface area contributed by atoms with E-state index in [2.05, 4.69) is 25.8 Å². The van der Waals surface area contributed by atoms with Gasteiger partial charge >= 0.3 is 0 Å². The van der Waals surface area contributed by atoms with Gasteiger partial charge in [0.1, 0.15) is 18.2 Å². The van der Waals surface area contributed by atoms with Gasteiger partial charge < -0.3 is 19.9 Å². The summed E-state index contributed by atoms with van der Waals surface area (Å²) in [7, 11) is 1.93. The Morgan fingerprint density at radius 1 is 1.30 bits per heavy atom. The second-order valence-electron chi connectivity index (χ2n) is 6.71. The van der Waals surface area contributed by atoms with E-state index < -0.39 is 0 Å². The third kappa shape index (κ3) is 5.75. The molecule has 1 aliphatic rings. The lowest BCUT2D eigenvalue weighted by Crippen LogP contribution is -2.42. The minimum absolute atomic E-state index is 0.217. The van der Waals surface area contributed by atoms with E-state index in [9.17, 15) is 4.39 Å². The third-order valence-corrected chi connectivity index (χ3v) is 4.70. The zero-order valence-electron chi connectivity index (χ0n) is 15.9. The van der Waals surface area contributed by atoms with E-state index in [1.165, 1.54) is 12.1 Å². The van der Waals surface area contributed by atoms with Gasteiger partial charge in [-0.05, 0) is 43.9 Å². The standard InChI is InChI=1S/C19H27FN6O/c1-14-24-25-18(26(14)2)13-23-19(22-12-17-4-3-11-27-17)21-10-9-15-5-7-16(20)8-6-15/h5-8,17H,3-4,9-13H2,1-2H3,(H2,21,22,23). The first kappa shape index (κ1) is 19.3. The van der Waals surface area contributed by atoms with Crippen molar-refractivity contribution >= 4 is 5.96 Å². The topological polar surface area (TPSA) is 76.4 Å². The molecule has 7 nitrogen and oxygen atoms in total.